The van der Waals surface area contributed by atoms with Gasteiger partial charge in [0.15, 0.2) is 0 Å². The van der Waals surface area contributed by atoms with Gasteiger partial charge < -0.3 is 0 Å². The maximum absolute atomic E-state index is 9.94. The SMILES string of the molecule is O=[C]C/C=C/c1ccc(Cl)c(Cl)c1Cl. The highest BCUT2D eigenvalue weighted by Crippen LogP contribution is 2.33. The minimum atomic E-state index is 0.233. The van der Waals surface area contributed by atoms with Crippen molar-refractivity contribution in [1.29, 1.82) is 0 Å². The van der Waals surface area contributed by atoms with Crippen LogP contribution in [0.2, 0.25) is 15.1 Å². The Morgan fingerprint density at radius 3 is 2.57 bits per heavy atom. The number of hydrogen-bond acceptors (Lipinski definition) is 1. The average molecular weight is 249 g/mol. The summed E-state index contributed by atoms with van der Waals surface area (Å²) < 4.78 is 0. The summed E-state index contributed by atoms with van der Waals surface area (Å²) in [5.74, 6) is 0. The highest BCUT2D eigenvalue weighted by atomic mass is 35.5. The van der Waals surface area contributed by atoms with Crippen molar-refractivity contribution in [2.24, 2.45) is 0 Å². The van der Waals surface area contributed by atoms with E-state index in [4.69, 9.17) is 34.8 Å². The Bertz CT molecular complexity index is 372. The van der Waals surface area contributed by atoms with Crippen LogP contribution in [0.5, 0.6) is 0 Å². The fourth-order valence-electron chi connectivity index (χ4n) is 0.904. The first-order chi connectivity index (χ1) is 6.66. The number of benzene rings is 1. The molecule has 0 heterocycles. The molecule has 0 saturated carbocycles. The molecule has 73 valence electrons. The van der Waals surface area contributed by atoms with Crippen molar-refractivity contribution in [2.45, 2.75) is 6.42 Å². The van der Waals surface area contributed by atoms with Gasteiger partial charge in [-0.25, -0.2) is 0 Å². The first kappa shape index (κ1) is 11.6. The molecule has 1 rings (SSSR count). The Kier molecular flexibility index (Phi) is 4.46. The molecule has 0 aliphatic heterocycles. The van der Waals surface area contributed by atoms with Crippen LogP contribution in [0.3, 0.4) is 0 Å². The highest BCUT2D eigenvalue weighted by Gasteiger charge is 2.05. The zero-order valence-corrected chi connectivity index (χ0v) is 9.33. The average Bonchev–Trinajstić information content (AvgIpc) is 2.18. The minimum Gasteiger partial charge on any atom is -0.291 e. The van der Waals surface area contributed by atoms with Gasteiger partial charge in [-0.15, -0.1) is 0 Å². The van der Waals surface area contributed by atoms with Crippen LogP contribution in [0, 0.1) is 0 Å². The van der Waals surface area contributed by atoms with Crippen molar-refractivity contribution in [2.75, 3.05) is 0 Å². The maximum Gasteiger partial charge on any atom is 0.202 e. The molecule has 1 aromatic rings. The van der Waals surface area contributed by atoms with Crippen LogP contribution < -0.4 is 0 Å². The molecule has 14 heavy (non-hydrogen) atoms. The molecule has 0 fully saturated rings. The molecule has 0 unspecified atom stereocenters. The molecule has 0 amide bonds. The number of rotatable bonds is 3. The van der Waals surface area contributed by atoms with Gasteiger partial charge in [-0.2, -0.15) is 0 Å². The first-order valence-electron chi connectivity index (χ1n) is 3.82. The molecule has 0 aromatic heterocycles. The lowest BCUT2D eigenvalue weighted by atomic mass is 10.2. The molecule has 0 aliphatic rings. The van der Waals surface area contributed by atoms with Gasteiger partial charge in [-0.05, 0) is 11.6 Å². The van der Waals surface area contributed by atoms with Gasteiger partial charge in [0.05, 0.1) is 15.1 Å². The van der Waals surface area contributed by atoms with Gasteiger partial charge in [-0.3, -0.25) is 4.79 Å². The molecule has 0 saturated heterocycles. The Balaban J connectivity index is 2.99. The van der Waals surface area contributed by atoms with Crippen LogP contribution >= 0.6 is 34.8 Å². The monoisotopic (exact) mass is 247 g/mol. The predicted molar refractivity (Wildman–Crippen MR) is 60.8 cm³/mol. The van der Waals surface area contributed by atoms with E-state index >= 15 is 0 Å². The quantitative estimate of drug-likeness (QED) is 0.734. The van der Waals surface area contributed by atoms with E-state index < -0.39 is 0 Å². The van der Waals surface area contributed by atoms with Crippen LogP contribution in [-0.4, -0.2) is 6.29 Å². The summed E-state index contributed by atoms with van der Waals surface area (Å²) in [6.45, 7) is 0. The zero-order chi connectivity index (χ0) is 10.6. The summed E-state index contributed by atoms with van der Waals surface area (Å²) in [6.07, 6.45) is 5.33. The largest absolute Gasteiger partial charge is 0.291 e. The summed E-state index contributed by atoms with van der Waals surface area (Å²) in [7, 11) is 0. The molecule has 0 atom stereocenters. The second kappa shape index (κ2) is 5.40. The molecule has 0 aliphatic carbocycles. The lowest BCUT2D eigenvalue weighted by Gasteiger charge is -2.02. The Morgan fingerprint density at radius 2 is 1.93 bits per heavy atom. The Morgan fingerprint density at radius 1 is 1.21 bits per heavy atom. The molecule has 1 radical (unpaired) electrons. The minimum absolute atomic E-state index is 0.233. The van der Waals surface area contributed by atoms with Crippen LogP contribution in [0.4, 0.5) is 0 Å². The second-order valence-corrected chi connectivity index (χ2v) is 3.68. The van der Waals surface area contributed by atoms with Crippen molar-refractivity contribution in [3.05, 3.63) is 38.8 Å². The van der Waals surface area contributed by atoms with E-state index in [0.29, 0.717) is 15.1 Å². The van der Waals surface area contributed by atoms with Crippen LogP contribution in [-0.2, 0) is 4.79 Å². The van der Waals surface area contributed by atoms with E-state index in [1.807, 2.05) is 0 Å². The van der Waals surface area contributed by atoms with Gasteiger partial charge >= 0.3 is 0 Å². The predicted octanol–water partition coefficient (Wildman–Crippen LogP) is 4.16. The second-order valence-electron chi connectivity index (χ2n) is 2.52. The maximum atomic E-state index is 9.94. The topological polar surface area (TPSA) is 17.1 Å². The number of halogens is 3. The summed E-state index contributed by atoms with van der Waals surface area (Å²) in [6, 6.07) is 3.39. The lowest BCUT2D eigenvalue weighted by molar-refractivity contribution is 0.556. The van der Waals surface area contributed by atoms with Crippen molar-refractivity contribution in [3.63, 3.8) is 0 Å². The van der Waals surface area contributed by atoms with Gasteiger partial charge in [0, 0.05) is 6.42 Å². The van der Waals surface area contributed by atoms with Crippen LogP contribution in [0.1, 0.15) is 12.0 Å². The molecule has 1 nitrogen and oxygen atoms in total. The van der Waals surface area contributed by atoms with E-state index in [2.05, 4.69) is 0 Å². The van der Waals surface area contributed by atoms with Crippen LogP contribution in [0.15, 0.2) is 18.2 Å². The Hall–Kier alpha value is -0.500. The normalized spacial score (nSPS) is 10.8. The smallest absolute Gasteiger partial charge is 0.202 e. The molecule has 0 spiro atoms. The van der Waals surface area contributed by atoms with E-state index in [-0.39, 0.29) is 6.42 Å². The summed E-state index contributed by atoms with van der Waals surface area (Å²) in [4.78, 5) is 9.94. The molecule has 4 heteroatoms. The van der Waals surface area contributed by atoms with E-state index in [0.717, 1.165) is 5.56 Å². The number of allylic oxidation sites excluding steroid dienone is 1. The van der Waals surface area contributed by atoms with Gasteiger partial charge in [0.2, 0.25) is 6.29 Å². The van der Waals surface area contributed by atoms with Gasteiger partial charge in [0.1, 0.15) is 0 Å². The third kappa shape index (κ3) is 2.74. The standard InChI is InChI=1S/C10H6Cl3O/c11-8-5-4-7(3-1-2-6-14)9(12)10(8)13/h1,3-5H,2H2/b3-1+. The first-order valence-corrected chi connectivity index (χ1v) is 4.95. The fourth-order valence-corrected chi connectivity index (χ4v) is 1.51. The number of carbonyl (C=O) groups excluding carboxylic acids is 1. The van der Waals surface area contributed by atoms with Gasteiger partial charge in [-0.1, -0.05) is 53.0 Å². The van der Waals surface area contributed by atoms with Gasteiger partial charge in [0.25, 0.3) is 0 Å². The molecular weight excluding hydrogens is 242 g/mol. The van der Waals surface area contributed by atoms with Crippen molar-refractivity contribution >= 4 is 47.2 Å². The van der Waals surface area contributed by atoms with Crippen LogP contribution in [0.25, 0.3) is 6.08 Å². The number of hydrogen-bond donors (Lipinski definition) is 0. The lowest BCUT2D eigenvalue weighted by Crippen LogP contribution is -1.78. The van der Waals surface area contributed by atoms with Crippen molar-refractivity contribution < 1.29 is 4.79 Å². The van der Waals surface area contributed by atoms with E-state index in [1.54, 1.807) is 30.6 Å². The summed E-state index contributed by atoms with van der Waals surface area (Å²) in [5.41, 5.74) is 0.733. The molecular formula is C10H6Cl3O. The molecule has 0 bridgehead atoms. The molecule has 1 aromatic carbocycles. The third-order valence-corrected chi connectivity index (χ3v) is 2.87. The third-order valence-electron chi connectivity index (χ3n) is 1.56. The van der Waals surface area contributed by atoms with E-state index in [9.17, 15) is 4.79 Å². The van der Waals surface area contributed by atoms with E-state index in [1.165, 1.54) is 0 Å². The summed E-state index contributed by atoms with van der Waals surface area (Å²) in [5, 5.41) is 1.13. The van der Waals surface area contributed by atoms with Crippen molar-refractivity contribution in [3.8, 4) is 0 Å². The zero-order valence-electron chi connectivity index (χ0n) is 7.06. The fraction of sp³-hybridized carbons (Fsp3) is 0.100. The Labute approximate surface area is 97.3 Å². The highest BCUT2D eigenvalue weighted by molar-refractivity contribution is 6.48. The molecule has 0 N–H and O–H groups in total. The van der Waals surface area contributed by atoms with Crippen molar-refractivity contribution in [1.82, 2.24) is 0 Å². The summed E-state index contributed by atoms with van der Waals surface area (Å²) >= 11 is 17.5.